The molecular formula is C19H17N2O4S2-. The molecule has 0 unspecified atom stereocenters. The van der Waals surface area contributed by atoms with Crippen molar-refractivity contribution in [2.45, 2.75) is 25.7 Å². The number of anilines is 1. The van der Waals surface area contributed by atoms with Crippen molar-refractivity contribution in [2.24, 2.45) is 0 Å². The van der Waals surface area contributed by atoms with Crippen molar-refractivity contribution in [1.29, 1.82) is 0 Å². The Morgan fingerprint density at radius 1 is 1.11 bits per heavy atom. The van der Waals surface area contributed by atoms with Crippen LogP contribution < -0.4 is 9.83 Å². The standard InChI is InChI=1S/C19H18N2O4S2/c1-11-8-15(19(22)23)9-18(12(11)2)27(24,25)21-16-6-4-14(5-7-16)17-10-26-13(3)20-17/h4-10,21H,1-3H3,(H,22,23)/p-1. The van der Waals surface area contributed by atoms with E-state index in [9.17, 15) is 18.3 Å². The molecule has 0 atom stereocenters. The van der Waals surface area contributed by atoms with Crippen molar-refractivity contribution in [3.8, 4) is 11.3 Å². The number of nitrogens with one attached hydrogen (secondary N) is 1. The molecule has 27 heavy (non-hydrogen) atoms. The summed E-state index contributed by atoms with van der Waals surface area (Å²) >= 11 is 1.54. The summed E-state index contributed by atoms with van der Waals surface area (Å²) in [6.07, 6.45) is 0. The van der Waals surface area contributed by atoms with Gasteiger partial charge in [0.25, 0.3) is 10.0 Å². The molecule has 0 amide bonds. The molecule has 0 spiro atoms. The van der Waals surface area contributed by atoms with Crippen LogP contribution in [-0.2, 0) is 10.0 Å². The lowest BCUT2D eigenvalue weighted by molar-refractivity contribution is -0.255. The molecule has 140 valence electrons. The number of carboxylic acid groups (broad SMARTS) is 1. The van der Waals surface area contributed by atoms with Gasteiger partial charge in [-0.3, -0.25) is 4.72 Å². The number of aromatic nitrogens is 1. The lowest BCUT2D eigenvalue weighted by Gasteiger charge is -2.15. The Hall–Kier alpha value is -2.71. The molecule has 3 rings (SSSR count). The number of hydrogen-bond donors (Lipinski definition) is 1. The second-order valence-corrected chi connectivity index (χ2v) is 8.85. The van der Waals surface area contributed by atoms with Crippen LogP contribution in [0.4, 0.5) is 5.69 Å². The van der Waals surface area contributed by atoms with Gasteiger partial charge in [0.05, 0.1) is 21.6 Å². The van der Waals surface area contributed by atoms with Crippen molar-refractivity contribution in [3.05, 3.63) is 63.5 Å². The minimum absolute atomic E-state index is 0.0825. The second-order valence-electron chi connectivity index (χ2n) is 6.14. The number of rotatable bonds is 5. The Kier molecular flexibility index (Phi) is 5.03. The Balaban J connectivity index is 1.92. The Morgan fingerprint density at radius 3 is 2.33 bits per heavy atom. The van der Waals surface area contributed by atoms with Gasteiger partial charge in [-0.1, -0.05) is 12.1 Å². The molecule has 0 fully saturated rings. The number of sulfonamides is 1. The largest absolute Gasteiger partial charge is 0.545 e. The summed E-state index contributed by atoms with van der Waals surface area (Å²) in [5.41, 5.74) is 2.97. The molecule has 0 bridgehead atoms. The van der Waals surface area contributed by atoms with E-state index in [1.165, 1.54) is 6.07 Å². The van der Waals surface area contributed by atoms with E-state index in [2.05, 4.69) is 9.71 Å². The predicted molar refractivity (Wildman–Crippen MR) is 103 cm³/mol. The van der Waals surface area contributed by atoms with Gasteiger partial charge in [-0.25, -0.2) is 13.4 Å². The van der Waals surface area contributed by atoms with Gasteiger partial charge in [0.2, 0.25) is 0 Å². The zero-order chi connectivity index (χ0) is 19.8. The molecule has 6 nitrogen and oxygen atoms in total. The molecule has 0 aliphatic carbocycles. The molecule has 2 aromatic carbocycles. The zero-order valence-electron chi connectivity index (χ0n) is 14.9. The fourth-order valence-corrected chi connectivity index (χ4v) is 4.66. The van der Waals surface area contributed by atoms with Crippen LogP contribution in [0.2, 0.25) is 0 Å². The number of benzene rings is 2. The van der Waals surface area contributed by atoms with Gasteiger partial charge in [0, 0.05) is 16.6 Å². The van der Waals surface area contributed by atoms with Crippen LogP contribution in [0.5, 0.6) is 0 Å². The van der Waals surface area contributed by atoms with Crippen molar-refractivity contribution in [1.82, 2.24) is 4.98 Å². The van der Waals surface area contributed by atoms with Gasteiger partial charge in [-0.2, -0.15) is 0 Å². The van der Waals surface area contributed by atoms with Gasteiger partial charge in [0.15, 0.2) is 0 Å². The van der Waals surface area contributed by atoms with Crippen molar-refractivity contribution < 1.29 is 18.3 Å². The second kappa shape index (κ2) is 7.13. The van der Waals surface area contributed by atoms with Gasteiger partial charge >= 0.3 is 0 Å². The number of hydrogen-bond acceptors (Lipinski definition) is 6. The van der Waals surface area contributed by atoms with Gasteiger partial charge in [-0.15, -0.1) is 11.3 Å². The number of carbonyl (C=O) groups excluding carboxylic acids is 1. The number of thiazole rings is 1. The monoisotopic (exact) mass is 401 g/mol. The lowest BCUT2D eigenvalue weighted by Crippen LogP contribution is -2.23. The van der Waals surface area contributed by atoms with E-state index in [1.807, 2.05) is 12.3 Å². The molecule has 1 heterocycles. The van der Waals surface area contributed by atoms with E-state index in [1.54, 1.807) is 49.4 Å². The van der Waals surface area contributed by atoms with E-state index in [0.717, 1.165) is 22.3 Å². The predicted octanol–water partition coefficient (Wildman–Crippen LogP) is 2.90. The topological polar surface area (TPSA) is 99.2 Å². The fraction of sp³-hybridized carbons (Fsp3) is 0.158. The van der Waals surface area contributed by atoms with Crippen LogP contribution in [-0.4, -0.2) is 19.4 Å². The zero-order valence-corrected chi connectivity index (χ0v) is 16.6. The molecule has 0 aliphatic heterocycles. The maximum absolute atomic E-state index is 12.8. The molecule has 3 aromatic rings. The molecule has 8 heteroatoms. The molecule has 0 saturated carbocycles. The van der Waals surface area contributed by atoms with Crippen molar-refractivity contribution in [2.75, 3.05) is 4.72 Å². The van der Waals surface area contributed by atoms with E-state index in [0.29, 0.717) is 16.8 Å². The molecule has 1 aromatic heterocycles. The highest BCUT2D eigenvalue weighted by Gasteiger charge is 2.19. The number of nitrogens with zero attached hydrogens (tertiary/aromatic N) is 1. The first-order valence-corrected chi connectivity index (χ1v) is 10.4. The molecule has 0 saturated heterocycles. The van der Waals surface area contributed by atoms with E-state index < -0.39 is 16.0 Å². The minimum Gasteiger partial charge on any atom is -0.545 e. The molecule has 0 aliphatic rings. The average Bonchev–Trinajstić information content (AvgIpc) is 3.03. The Labute approximate surface area is 161 Å². The van der Waals surface area contributed by atoms with Crippen LogP contribution in [0.1, 0.15) is 26.5 Å². The summed E-state index contributed by atoms with van der Waals surface area (Å²) in [5.74, 6) is -1.42. The normalized spacial score (nSPS) is 11.4. The van der Waals surface area contributed by atoms with Gasteiger partial charge in [0.1, 0.15) is 0 Å². The Bertz CT molecular complexity index is 1120. The number of carboxylic acids is 1. The first-order valence-electron chi connectivity index (χ1n) is 8.05. The van der Waals surface area contributed by atoms with Crippen LogP contribution >= 0.6 is 11.3 Å². The number of carbonyl (C=O) groups is 1. The highest BCUT2D eigenvalue weighted by molar-refractivity contribution is 7.92. The van der Waals surface area contributed by atoms with Gasteiger partial charge < -0.3 is 9.90 Å². The summed E-state index contributed by atoms with van der Waals surface area (Å²) < 4.78 is 28.0. The third-order valence-corrected chi connectivity index (χ3v) is 6.48. The van der Waals surface area contributed by atoms with Crippen molar-refractivity contribution >= 4 is 33.0 Å². The van der Waals surface area contributed by atoms with E-state index in [-0.39, 0.29) is 10.5 Å². The summed E-state index contributed by atoms with van der Waals surface area (Å²) in [6, 6.07) is 9.36. The van der Waals surface area contributed by atoms with Gasteiger partial charge in [-0.05, 0) is 61.7 Å². The third-order valence-electron chi connectivity index (χ3n) is 4.20. The molecular weight excluding hydrogens is 384 g/mol. The highest BCUT2D eigenvalue weighted by Crippen LogP contribution is 2.26. The summed E-state index contributed by atoms with van der Waals surface area (Å²) in [5, 5.41) is 14.0. The first-order chi connectivity index (χ1) is 12.7. The van der Waals surface area contributed by atoms with Crippen LogP contribution in [0.15, 0.2) is 46.7 Å². The maximum atomic E-state index is 12.8. The summed E-state index contributed by atoms with van der Waals surface area (Å²) in [6.45, 7) is 5.21. The van der Waals surface area contributed by atoms with Crippen LogP contribution in [0, 0.1) is 20.8 Å². The summed E-state index contributed by atoms with van der Waals surface area (Å²) in [7, 11) is -3.95. The SMILES string of the molecule is Cc1nc(-c2ccc(NS(=O)(=O)c3cc(C(=O)[O-])cc(C)c3C)cc2)cs1. The average molecular weight is 401 g/mol. The lowest BCUT2D eigenvalue weighted by atomic mass is 10.1. The first kappa shape index (κ1) is 19.1. The third kappa shape index (κ3) is 4.01. The number of aromatic carboxylic acids is 1. The van der Waals surface area contributed by atoms with Crippen molar-refractivity contribution in [3.63, 3.8) is 0 Å². The number of aryl methyl sites for hydroxylation is 2. The minimum atomic E-state index is -3.95. The smallest absolute Gasteiger partial charge is 0.262 e. The molecule has 0 radical (unpaired) electrons. The summed E-state index contributed by atoms with van der Waals surface area (Å²) in [4.78, 5) is 15.5. The van der Waals surface area contributed by atoms with E-state index >= 15 is 0 Å². The van der Waals surface area contributed by atoms with E-state index in [4.69, 9.17) is 0 Å². The fourth-order valence-electron chi connectivity index (χ4n) is 2.64. The maximum Gasteiger partial charge on any atom is 0.262 e. The highest BCUT2D eigenvalue weighted by atomic mass is 32.2. The quantitative estimate of drug-likeness (QED) is 0.709. The van der Waals surface area contributed by atoms with Crippen LogP contribution in [0.3, 0.4) is 0 Å². The molecule has 1 N–H and O–H groups in total. The Morgan fingerprint density at radius 2 is 1.78 bits per heavy atom. The van der Waals surface area contributed by atoms with Crippen LogP contribution in [0.25, 0.3) is 11.3 Å².